The van der Waals surface area contributed by atoms with Gasteiger partial charge in [-0.25, -0.2) is 9.99 Å². The summed E-state index contributed by atoms with van der Waals surface area (Å²) in [6.45, 7) is 0.605. The standard InChI is InChI=1S/C24H27N5O2S/c30-22(14-15-32-24-26-19-11-5-4-10-18(19)23(31)27-24)29(17-8-2-1-3-9-17)28-16-25-20-12-6-7-13-21(20)28/h4-7,10-13,17,25H,1-3,8-9,14-16H2,(H,26,27,31). The van der Waals surface area contributed by atoms with E-state index in [-0.39, 0.29) is 17.5 Å². The number of rotatable bonds is 6. The van der Waals surface area contributed by atoms with Crippen molar-refractivity contribution in [3.8, 4) is 0 Å². The van der Waals surface area contributed by atoms with Crippen molar-refractivity contribution < 1.29 is 4.79 Å². The lowest BCUT2D eigenvalue weighted by molar-refractivity contribution is -0.134. The lowest BCUT2D eigenvalue weighted by Gasteiger charge is -2.40. The Morgan fingerprint density at radius 2 is 1.88 bits per heavy atom. The van der Waals surface area contributed by atoms with E-state index >= 15 is 0 Å². The summed E-state index contributed by atoms with van der Waals surface area (Å²) in [6.07, 6.45) is 6.03. The van der Waals surface area contributed by atoms with Gasteiger partial charge < -0.3 is 10.3 Å². The molecule has 3 aromatic rings. The zero-order valence-corrected chi connectivity index (χ0v) is 18.7. The molecular formula is C24H27N5O2S. The number of aromatic nitrogens is 2. The van der Waals surface area contributed by atoms with Crippen LogP contribution in [-0.4, -0.2) is 39.3 Å². The van der Waals surface area contributed by atoms with E-state index in [1.54, 1.807) is 6.07 Å². The van der Waals surface area contributed by atoms with E-state index in [9.17, 15) is 9.59 Å². The molecule has 1 fully saturated rings. The molecular weight excluding hydrogens is 422 g/mol. The predicted octanol–water partition coefficient (Wildman–Crippen LogP) is 4.37. The van der Waals surface area contributed by atoms with Crippen LogP contribution in [0.15, 0.2) is 58.5 Å². The highest BCUT2D eigenvalue weighted by Crippen LogP contribution is 2.35. The number of nitrogens with zero attached hydrogens (tertiary/aromatic N) is 3. The second-order valence-corrected chi connectivity index (χ2v) is 9.35. The minimum absolute atomic E-state index is 0.117. The molecule has 1 aliphatic carbocycles. The third-order valence-electron chi connectivity index (χ3n) is 6.18. The molecule has 0 atom stereocenters. The molecule has 166 valence electrons. The second kappa shape index (κ2) is 9.24. The molecule has 2 aromatic carbocycles. The summed E-state index contributed by atoms with van der Waals surface area (Å²) in [7, 11) is 0. The van der Waals surface area contributed by atoms with Crippen LogP contribution >= 0.6 is 11.8 Å². The number of carbonyl (C=O) groups excluding carboxylic acids is 1. The molecule has 0 radical (unpaired) electrons. The molecule has 0 saturated heterocycles. The Labute approximate surface area is 191 Å². The zero-order valence-electron chi connectivity index (χ0n) is 17.9. The third-order valence-corrected chi connectivity index (χ3v) is 7.06. The summed E-state index contributed by atoms with van der Waals surface area (Å²) in [5, 5.41) is 8.64. The van der Waals surface area contributed by atoms with Gasteiger partial charge in [0.2, 0.25) is 5.91 Å². The average molecular weight is 450 g/mol. The first-order valence-electron chi connectivity index (χ1n) is 11.2. The van der Waals surface area contributed by atoms with E-state index in [0.29, 0.717) is 34.9 Å². The molecule has 2 N–H and O–H groups in total. The highest BCUT2D eigenvalue weighted by Gasteiger charge is 2.33. The quantitative estimate of drug-likeness (QED) is 0.430. The van der Waals surface area contributed by atoms with Gasteiger partial charge in [-0.15, -0.1) is 0 Å². The topological polar surface area (TPSA) is 81.3 Å². The number of thioether (sulfide) groups is 1. The van der Waals surface area contributed by atoms with Gasteiger partial charge in [-0.3, -0.25) is 14.6 Å². The Morgan fingerprint density at radius 1 is 1.09 bits per heavy atom. The second-order valence-electron chi connectivity index (χ2n) is 8.27. The van der Waals surface area contributed by atoms with Crippen LogP contribution in [0.3, 0.4) is 0 Å². The molecule has 2 aliphatic rings. The summed E-state index contributed by atoms with van der Waals surface area (Å²) in [5.74, 6) is 0.678. The fourth-order valence-corrected chi connectivity index (χ4v) is 5.43. The maximum absolute atomic E-state index is 13.5. The average Bonchev–Trinajstić information content (AvgIpc) is 3.24. The molecule has 32 heavy (non-hydrogen) atoms. The minimum atomic E-state index is -0.145. The van der Waals surface area contributed by atoms with Gasteiger partial charge in [0.15, 0.2) is 5.16 Å². The number of para-hydroxylation sites is 3. The number of amides is 1. The van der Waals surface area contributed by atoms with Crippen LogP contribution in [0.2, 0.25) is 0 Å². The molecule has 1 aromatic heterocycles. The first-order valence-corrected chi connectivity index (χ1v) is 12.2. The number of hydrazine groups is 1. The molecule has 1 amide bonds. The summed E-state index contributed by atoms with van der Waals surface area (Å²) in [4.78, 5) is 33.1. The molecule has 1 aliphatic heterocycles. The smallest absolute Gasteiger partial charge is 0.259 e. The number of carbonyl (C=O) groups is 1. The monoisotopic (exact) mass is 449 g/mol. The fraction of sp³-hybridized carbons (Fsp3) is 0.375. The maximum atomic E-state index is 13.5. The minimum Gasteiger partial charge on any atom is -0.365 e. The molecule has 0 bridgehead atoms. The van der Waals surface area contributed by atoms with Crippen molar-refractivity contribution in [2.24, 2.45) is 0 Å². The number of anilines is 2. The number of nitrogens with one attached hydrogen (secondary N) is 2. The van der Waals surface area contributed by atoms with Crippen molar-refractivity contribution in [1.82, 2.24) is 15.0 Å². The van der Waals surface area contributed by atoms with Gasteiger partial charge in [0, 0.05) is 12.2 Å². The van der Waals surface area contributed by atoms with Gasteiger partial charge in [0.05, 0.1) is 28.3 Å². The summed E-state index contributed by atoms with van der Waals surface area (Å²) >= 11 is 1.42. The summed E-state index contributed by atoms with van der Waals surface area (Å²) < 4.78 is 0. The Morgan fingerprint density at radius 3 is 2.75 bits per heavy atom. The number of aromatic amines is 1. The first kappa shape index (κ1) is 20.9. The first-order chi connectivity index (χ1) is 15.7. The molecule has 8 heteroatoms. The molecule has 2 heterocycles. The van der Waals surface area contributed by atoms with E-state index in [1.165, 1.54) is 18.2 Å². The van der Waals surface area contributed by atoms with E-state index < -0.39 is 0 Å². The van der Waals surface area contributed by atoms with Crippen molar-refractivity contribution in [3.05, 3.63) is 58.9 Å². The van der Waals surface area contributed by atoms with Gasteiger partial charge in [0.25, 0.3) is 5.56 Å². The normalized spacial score (nSPS) is 16.1. The Balaban J connectivity index is 1.31. The van der Waals surface area contributed by atoms with Crippen LogP contribution in [0.5, 0.6) is 0 Å². The zero-order chi connectivity index (χ0) is 21.9. The van der Waals surface area contributed by atoms with Crippen LogP contribution < -0.4 is 15.9 Å². The Hall–Kier alpha value is -3.00. The fourth-order valence-electron chi connectivity index (χ4n) is 4.63. The van der Waals surface area contributed by atoms with Crippen molar-refractivity contribution in [2.75, 3.05) is 22.7 Å². The van der Waals surface area contributed by atoms with Gasteiger partial charge in [-0.2, -0.15) is 0 Å². The Bertz CT molecular complexity index is 1170. The van der Waals surface area contributed by atoms with Crippen molar-refractivity contribution in [1.29, 1.82) is 0 Å². The van der Waals surface area contributed by atoms with Crippen LogP contribution in [0.25, 0.3) is 10.9 Å². The largest absolute Gasteiger partial charge is 0.365 e. The van der Waals surface area contributed by atoms with Gasteiger partial charge in [0.1, 0.15) is 6.67 Å². The lowest BCUT2D eigenvalue weighted by atomic mass is 9.95. The Kier molecular flexibility index (Phi) is 6.03. The third kappa shape index (κ3) is 4.19. The molecule has 7 nitrogen and oxygen atoms in total. The van der Waals surface area contributed by atoms with E-state index in [2.05, 4.69) is 32.4 Å². The number of H-pyrrole nitrogens is 1. The number of benzene rings is 2. The SMILES string of the molecule is O=C(CCSc1nc2ccccc2c(=O)[nH]1)N(C1CCCCC1)N1CNc2ccccc21. The van der Waals surface area contributed by atoms with Gasteiger partial charge in [-0.05, 0) is 37.1 Å². The van der Waals surface area contributed by atoms with E-state index in [4.69, 9.17) is 0 Å². The van der Waals surface area contributed by atoms with Crippen LogP contribution in [0, 0.1) is 0 Å². The number of fused-ring (bicyclic) bond motifs is 2. The highest BCUT2D eigenvalue weighted by atomic mass is 32.2. The summed E-state index contributed by atoms with van der Waals surface area (Å²) in [5.41, 5.74) is 2.65. The van der Waals surface area contributed by atoms with Gasteiger partial charge in [-0.1, -0.05) is 55.3 Å². The molecule has 0 spiro atoms. The van der Waals surface area contributed by atoms with E-state index in [1.807, 2.05) is 35.3 Å². The summed E-state index contributed by atoms with van der Waals surface area (Å²) in [6, 6.07) is 15.7. The number of hydrogen-bond acceptors (Lipinski definition) is 6. The van der Waals surface area contributed by atoms with Crippen molar-refractivity contribution in [3.63, 3.8) is 0 Å². The molecule has 5 rings (SSSR count). The maximum Gasteiger partial charge on any atom is 0.259 e. The van der Waals surface area contributed by atoms with Gasteiger partial charge >= 0.3 is 0 Å². The lowest BCUT2D eigenvalue weighted by Crippen LogP contribution is -2.53. The van der Waals surface area contributed by atoms with Crippen molar-refractivity contribution >= 4 is 39.9 Å². The van der Waals surface area contributed by atoms with Crippen molar-refractivity contribution in [2.45, 2.75) is 49.7 Å². The predicted molar refractivity (Wildman–Crippen MR) is 129 cm³/mol. The van der Waals surface area contributed by atoms with Crippen LogP contribution in [0.4, 0.5) is 11.4 Å². The van der Waals surface area contributed by atoms with E-state index in [0.717, 1.165) is 37.1 Å². The van der Waals surface area contributed by atoms with Crippen LogP contribution in [0.1, 0.15) is 38.5 Å². The highest BCUT2D eigenvalue weighted by molar-refractivity contribution is 7.99. The molecule has 1 saturated carbocycles. The number of hydrogen-bond donors (Lipinski definition) is 2. The van der Waals surface area contributed by atoms with Crippen LogP contribution in [-0.2, 0) is 4.79 Å². The molecule has 0 unspecified atom stereocenters.